The van der Waals surface area contributed by atoms with Gasteiger partial charge in [-0.1, -0.05) is 5.16 Å². The Balaban J connectivity index is 0.000000396. The smallest absolute Gasteiger partial charge is 0.475 e. The molecule has 30 heavy (non-hydrogen) atoms. The summed E-state index contributed by atoms with van der Waals surface area (Å²) < 4.78 is 66.6. The lowest BCUT2D eigenvalue weighted by molar-refractivity contribution is -0.192. The summed E-state index contributed by atoms with van der Waals surface area (Å²) in [4.78, 5) is 28.1. The first-order valence-electron chi connectivity index (χ1n) is 8.45. The van der Waals surface area contributed by atoms with Crippen molar-refractivity contribution in [2.24, 2.45) is 16.6 Å². The van der Waals surface area contributed by atoms with E-state index in [1.165, 1.54) is 4.90 Å². The van der Waals surface area contributed by atoms with Crippen LogP contribution < -0.4 is 11.5 Å². The van der Waals surface area contributed by atoms with Gasteiger partial charge in [0.25, 0.3) is 0 Å². The van der Waals surface area contributed by atoms with Crippen molar-refractivity contribution >= 4 is 28.1 Å². The van der Waals surface area contributed by atoms with Gasteiger partial charge in [-0.25, -0.2) is 9.59 Å². The van der Waals surface area contributed by atoms with Crippen LogP contribution in [0.4, 0.5) is 18.0 Å². The number of nitrogens with two attached hydrogens (primary N) is 2. The highest BCUT2D eigenvalue weighted by molar-refractivity contribution is 7.80. The van der Waals surface area contributed by atoms with Crippen molar-refractivity contribution in [3.05, 3.63) is 0 Å². The van der Waals surface area contributed by atoms with E-state index >= 15 is 0 Å². The number of hydrogen-bond acceptors (Lipinski definition) is 9. The van der Waals surface area contributed by atoms with Gasteiger partial charge in [-0.15, -0.1) is 4.28 Å². The van der Waals surface area contributed by atoms with Gasteiger partial charge in [0, 0.05) is 26.1 Å². The Morgan fingerprint density at radius 1 is 1.33 bits per heavy atom. The third-order valence-electron chi connectivity index (χ3n) is 4.73. The quantitative estimate of drug-likeness (QED) is 0.369. The van der Waals surface area contributed by atoms with E-state index in [0.29, 0.717) is 30.0 Å². The second-order valence-electron chi connectivity index (χ2n) is 6.75. The number of amides is 2. The lowest BCUT2D eigenvalue weighted by atomic mass is 9.90. The SMILES string of the molecule is NCC1(CN)CC([C@@H]2CC[C@@H]3CN2C(=O)N3OS(=O)(=O)O)=NO1.O=C(O)C(F)(F)F. The zero-order valence-electron chi connectivity index (χ0n) is 15.3. The topological polar surface area (TPSA) is 198 Å². The molecule has 0 aliphatic carbocycles. The fourth-order valence-corrected chi connectivity index (χ4v) is 3.60. The number of aliphatic carboxylic acids is 1. The first-order valence-corrected chi connectivity index (χ1v) is 9.81. The highest BCUT2D eigenvalue weighted by atomic mass is 32.3. The molecule has 0 unspecified atom stereocenters. The average Bonchev–Trinajstić information content (AvgIpc) is 3.17. The molecule has 0 spiro atoms. The fourth-order valence-electron chi connectivity index (χ4n) is 3.21. The number of rotatable bonds is 5. The van der Waals surface area contributed by atoms with Gasteiger partial charge in [0.2, 0.25) is 0 Å². The van der Waals surface area contributed by atoms with Crippen LogP contribution >= 0.6 is 0 Å². The van der Waals surface area contributed by atoms with Crippen LogP contribution in [0.2, 0.25) is 0 Å². The number of nitrogens with zero attached hydrogens (tertiary/aromatic N) is 3. The van der Waals surface area contributed by atoms with E-state index in [-0.39, 0.29) is 25.7 Å². The van der Waals surface area contributed by atoms with Gasteiger partial charge in [0.15, 0.2) is 5.60 Å². The zero-order valence-corrected chi connectivity index (χ0v) is 16.1. The van der Waals surface area contributed by atoms with Crippen molar-refractivity contribution in [3.8, 4) is 0 Å². The molecule has 3 rings (SSSR count). The van der Waals surface area contributed by atoms with Crippen LogP contribution in [-0.2, 0) is 24.3 Å². The Morgan fingerprint density at radius 2 is 1.90 bits per heavy atom. The zero-order chi connectivity index (χ0) is 22.9. The maximum absolute atomic E-state index is 12.3. The Kier molecular flexibility index (Phi) is 6.82. The van der Waals surface area contributed by atoms with Gasteiger partial charge >= 0.3 is 28.6 Å². The molecule has 2 saturated heterocycles. The summed E-state index contributed by atoms with van der Waals surface area (Å²) in [7, 11) is -4.75. The molecule has 2 bridgehead atoms. The summed E-state index contributed by atoms with van der Waals surface area (Å²) in [6.45, 7) is 0.700. The number of carbonyl (C=O) groups is 2. The van der Waals surface area contributed by atoms with Crippen molar-refractivity contribution < 1.29 is 50.0 Å². The molecular formula is C13H20F3N5O8S. The molecule has 13 nitrogen and oxygen atoms in total. The molecule has 0 radical (unpaired) electrons. The van der Waals surface area contributed by atoms with Crippen LogP contribution in [0.3, 0.4) is 0 Å². The Hall–Kier alpha value is -2.21. The van der Waals surface area contributed by atoms with E-state index in [9.17, 15) is 26.4 Å². The van der Waals surface area contributed by atoms with Crippen molar-refractivity contribution in [2.45, 2.75) is 43.1 Å². The molecule has 3 aliphatic heterocycles. The summed E-state index contributed by atoms with van der Waals surface area (Å²) in [5.41, 5.74) is 11.3. The number of oxime groups is 1. The number of hydrogen-bond donors (Lipinski definition) is 4. The number of fused-ring (bicyclic) bond motifs is 2. The normalized spacial score (nSPS) is 25.4. The van der Waals surface area contributed by atoms with Gasteiger partial charge in [-0.05, 0) is 12.8 Å². The third kappa shape index (κ3) is 5.28. The second kappa shape index (κ2) is 8.50. The molecule has 2 fully saturated rings. The molecular weight excluding hydrogens is 443 g/mol. The van der Waals surface area contributed by atoms with E-state index < -0.39 is 40.2 Å². The molecule has 2 atom stereocenters. The van der Waals surface area contributed by atoms with Crippen molar-refractivity contribution in [1.82, 2.24) is 9.96 Å². The highest BCUT2D eigenvalue weighted by Gasteiger charge is 2.51. The number of hydroxylamine groups is 2. The number of piperidine rings is 1. The average molecular weight is 463 g/mol. The van der Waals surface area contributed by atoms with Crippen LogP contribution in [0, 0.1) is 0 Å². The first-order chi connectivity index (χ1) is 13.7. The van der Waals surface area contributed by atoms with Gasteiger partial charge in [0.1, 0.15) is 0 Å². The summed E-state index contributed by atoms with van der Waals surface area (Å²) >= 11 is 0. The number of carboxylic acid groups (broad SMARTS) is 1. The maximum Gasteiger partial charge on any atom is 0.490 e. The number of urea groups is 1. The van der Waals surface area contributed by atoms with E-state index in [0.717, 1.165) is 0 Å². The van der Waals surface area contributed by atoms with E-state index in [1.54, 1.807) is 0 Å². The number of carbonyl (C=O) groups excluding carboxylic acids is 1. The summed E-state index contributed by atoms with van der Waals surface area (Å²) in [6.07, 6.45) is -3.58. The molecule has 17 heteroatoms. The molecule has 172 valence electrons. The van der Waals surface area contributed by atoms with Gasteiger partial charge < -0.3 is 26.3 Å². The molecule has 0 aromatic carbocycles. The van der Waals surface area contributed by atoms with E-state index in [2.05, 4.69) is 9.44 Å². The molecule has 3 heterocycles. The molecule has 6 N–H and O–H groups in total. The Bertz CT molecular complexity index is 816. The monoisotopic (exact) mass is 463 g/mol. The molecule has 0 aromatic rings. The summed E-state index contributed by atoms with van der Waals surface area (Å²) in [5.74, 6) is -2.76. The van der Waals surface area contributed by atoms with Crippen LogP contribution in [0.15, 0.2) is 5.16 Å². The Labute approximate surface area is 168 Å². The number of alkyl halides is 3. The van der Waals surface area contributed by atoms with Crippen LogP contribution in [0.5, 0.6) is 0 Å². The van der Waals surface area contributed by atoms with Crippen molar-refractivity contribution in [2.75, 3.05) is 19.6 Å². The first kappa shape index (κ1) is 24.1. The highest BCUT2D eigenvalue weighted by Crippen LogP contribution is 2.34. The molecule has 0 aromatic heterocycles. The molecule has 0 saturated carbocycles. The van der Waals surface area contributed by atoms with Crippen LogP contribution in [0.1, 0.15) is 19.3 Å². The predicted molar refractivity (Wildman–Crippen MR) is 91.1 cm³/mol. The third-order valence-corrected chi connectivity index (χ3v) is 5.08. The van der Waals surface area contributed by atoms with Gasteiger partial charge in [-0.3, -0.25) is 4.55 Å². The maximum atomic E-state index is 12.3. The minimum absolute atomic E-state index is 0.206. The number of carboxylic acids is 1. The van der Waals surface area contributed by atoms with Crippen molar-refractivity contribution in [3.63, 3.8) is 0 Å². The minimum atomic E-state index is -5.08. The predicted octanol–water partition coefficient (Wildman–Crippen LogP) is -0.945. The lowest BCUT2D eigenvalue weighted by Gasteiger charge is -2.30. The lowest BCUT2D eigenvalue weighted by Crippen LogP contribution is -2.49. The van der Waals surface area contributed by atoms with Gasteiger partial charge in [0.05, 0.1) is 17.8 Å². The van der Waals surface area contributed by atoms with Crippen LogP contribution in [-0.4, -0.2) is 89.2 Å². The van der Waals surface area contributed by atoms with E-state index in [4.69, 9.17) is 30.8 Å². The minimum Gasteiger partial charge on any atom is -0.475 e. The molecule has 2 amide bonds. The second-order valence-corrected chi connectivity index (χ2v) is 7.76. The standard InChI is InChI=1S/C11H19N5O6S.C2HF3O2/c12-5-11(6-13)3-8(14-21-11)9-2-1-7-4-15(9)10(17)16(7)22-23(18,19)20;3-2(4,5)1(6)7/h7,9H,1-6,12-13H2,(H,18,19,20);(H,6,7)/t7-,9+;/m1./s1. The van der Waals surface area contributed by atoms with E-state index in [1.807, 2.05) is 0 Å². The molecule has 3 aliphatic rings. The largest absolute Gasteiger partial charge is 0.490 e. The summed E-state index contributed by atoms with van der Waals surface area (Å²) in [6, 6.07) is -1.39. The number of halogens is 3. The van der Waals surface area contributed by atoms with Gasteiger partial charge in [-0.2, -0.15) is 26.7 Å². The summed E-state index contributed by atoms with van der Waals surface area (Å²) in [5, 5.41) is 11.9. The van der Waals surface area contributed by atoms with Crippen LogP contribution in [0.25, 0.3) is 0 Å². The Morgan fingerprint density at radius 3 is 2.33 bits per heavy atom. The van der Waals surface area contributed by atoms with Crippen molar-refractivity contribution in [1.29, 1.82) is 0 Å². The fraction of sp³-hybridized carbons (Fsp3) is 0.769.